The SMILES string of the molecule is C=C(C)COCCNC(CC)C(N)=O. The van der Waals surface area contributed by atoms with E-state index in [1.165, 1.54) is 0 Å². The van der Waals surface area contributed by atoms with Crippen LogP contribution >= 0.6 is 0 Å². The van der Waals surface area contributed by atoms with E-state index in [2.05, 4.69) is 11.9 Å². The smallest absolute Gasteiger partial charge is 0.234 e. The van der Waals surface area contributed by atoms with E-state index < -0.39 is 0 Å². The van der Waals surface area contributed by atoms with Crippen molar-refractivity contribution >= 4 is 5.91 Å². The predicted octanol–water partition coefficient (Wildman–Crippen LogP) is 0.433. The van der Waals surface area contributed by atoms with Gasteiger partial charge in [-0.3, -0.25) is 4.79 Å². The Hall–Kier alpha value is -0.870. The number of nitrogens with one attached hydrogen (secondary N) is 1. The molecule has 82 valence electrons. The molecule has 1 unspecified atom stereocenters. The molecule has 0 aliphatic rings. The standard InChI is InChI=1S/C10H20N2O2/c1-4-9(10(11)13)12-5-6-14-7-8(2)3/h9,12H,2,4-7H2,1,3H3,(H2,11,13). The number of nitrogens with two attached hydrogens (primary N) is 1. The molecule has 0 rings (SSSR count). The van der Waals surface area contributed by atoms with Crippen LogP contribution in [0.25, 0.3) is 0 Å². The van der Waals surface area contributed by atoms with Crippen molar-refractivity contribution in [2.45, 2.75) is 26.3 Å². The molecule has 0 aliphatic carbocycles. The third-order valence-electron chi connectivity index (χ3n) is 1.74. The fourth-order valence-electron chi connectivity index (χ4n) is 0.998. The van der Waals surface area contributed by atoms with Gasteiger partial charge in [0.1, 0.15) is 0 Å². The molecule has 14 heavy (non-hydrogen) atoms. The minimum absolute atomic E-state index is 0.247. The van der Waals surface area contributed by atoms with Gasteiger partial charge in [-0.1, -0.05) is 19.1 Å². The van der Waals surface area contributed by atoms with E-state index >= 15 is 0 Å². The zero-order valence-corrected chi connectivity index (χ0v) is 9.01. The molecule has 0 spiro atoms. The van der Waals surface area contributed by atoms with Crippen molar-refractivity contribution in [2.75, 3.05) is 19.8 Å². The summed E-state index contributed by atoms with van der Waals surface area (Å²) in [6, 6.07) is -0.247. The van der Waals surface area contributed by atoms with Crippen LogP contribution in [0.4, 0.5) is 0 Å². The fourth-order valence-corrected chi connectivity index (χ4v) is 0.998. The zero-order valence-electron chi connectivity index (χ0n) is 9.01. The highest BCUT2D eigenvalue weighted by Crippen LogP contribution is 1.90. The monoisotopic (exact) mass is 200 g/mol. The van der Waals surface area contributed by atoms with Gasteiger partial charge < -0.3 is 15.8 Å². The second kappa shape index (κ2) is 7.53. The first-order chi connectivity index (χ1) is 6.57. The van der Waals surface area contributed by atoms with Gasteiger partial charge in [0.15, 0.2) is 0 Å². The Morgan fingerprint density at radius 3 is 2.71 bits per heavy atom. The molecular formula is C10H20N2O2. The van der Waals surface area contributed by atoms with Crippen molar-refractivity contribution in [2.24, 2.45) is 5.73 Å². The van der Waals surface area contributed by atoms with Crippen molar-refractivity contribution in [1.29, 1.82) is 0 Å². The number of hydrogen-bond acceptors (Lipinski definition) is 3. The van der Waals surface area contributed by atoms with Gasteiger partial charge in [-0.05, 0) is 13.3 Å². The second-order valence-electron chi connectivity index (χ2n) is 3.33. The highest BCUT2D eigenvalue weighted by atomic mass is 16.5. The largest absolute Gasteiger partial charge is 0.376 e. The van der Waals surface area contributed by atoms with E-state index in [0.29, 0.717) is 26.2 Å². The minimum Gasteiger partial charge on any atom is -0.376 e. The van der Waals surface area contributed by atoms with E-state index in [4.69, 9.17) is 10.5 Å². The number of amides is 1. The van der Waals surface area contributed by atoms with Crippen LogP contribution in [-0.4, -0.2) is 31.7 Å². The first-order valence-corrected chi connectivity index (χ1v) is 4.82. The highest BCUT2D eigenvalue weighted by molar-refractivity contribution is 5.79. The molecule has 4 nitrogen and oxygen atoms in total. The Morgan fingerprint density at radius 1 is 1.64 bits per heavy atom. The normalized spacial score (nSPS) is 12.4. The third kappa shape index (κ3) is 6.62. The van der Waals surface area contributed by atoms with E-state index in [1.807, 2.05) is 13.8 Å². The summed E-state index contributed by atoms with van der Waals surface area (Å²) in [6.45, 7) is 9.30. The minimum atomic E-state index is -0.313. The van der Waals surface area contributed by atoms with Gasteiger partial charge in [0.05, 0.1) is 19.3 Å². The van der Waals surface area contributed by atoms with Crippen LogP contribution in [0, 0.1) is 0 Å². The van der Waals surface area contributed by atoms with E-state index in [0.717, 1.165) is 5.57 Å². The van der Waals surface area contributed by atoms with Gasteiger partial charge >= 0.3 is 0 Å². The van der Waals surface area contributed by atoms with E-state index in [-0.39, 0.29) is 11.9 Å². The second-order valence-corrected chi connectivity index (χ2v) is 3.33. The zero-order chi connectivity index (χ0) is 11.0. The van der Waals surface area contributed by atoms with E-state index in [1.54, 1.807) is 0 Å². The Bertz CT molecular complexity index is 193. The summed E-state index contributed by atoms with van der Waals surface area (Å²) < 4.78 is 5.26. The number of carbonyl (C=O) groups excluding carboxylic acids is 1. The van der Waals surface area contributed by atoms with Crippen molar-refractivity contribution in [1.82, 2.24) is 5.32 Å². The average molecular weight is 200 g/mol. The number of rotatable bonds is 8. The summed E-state index contributed by atoms with van der Waals surface area (Å²) in [5.41, 5.74) is 6.15. The summed E-state index contributed by atoms with van der Waals surface area (Å²) in [5, 5.41) is 3.01. The van der Waals surface area contributed by atoms with Crippen LogP contribution in [0.3, 0.4) is 0 Å². The molecule has 0 aliphatic heterocycles. The average Bonchev–Trinajstić information content (AvgIpc) is 2.10. The molecule has 0 aromatic rings. The number of hydrogen-bond donors (Lipinski definition) is 2. The fraction of sp³-hybridized carbons (Fsp3) is 0.700. The lowest BCUT2D eigenvalue weighted by Gasteiger charge is -2.12. The molecule has 0 fully saturated rings. The molecule has 1 amide bonds. The Balaban J connectivity index is 3.42. The molecule has 1 atom stereocenters. The molecule has 0 saturated heterocycles. The maximum Gasteiger partial charge on any atom is 0.234 e. The van der Waals surface area contributed by atoms with Crippen molar-refractivity contribution in [3.63, 3.8) is 0 Å². The van der Waals surface area contributed by atoms with Gasteiger partial charge in [-0.15, -0.1) is 0 Å². The van der Waals surface area contributed by atoms with Crippen LogP contribution in [-0.2, 0) is 9.53 Å². The first kappa shape index (κ1) is 13.1. The molecule has 0 heterocycles. The lowest BCUT2D eigenvalue weighted by molar-refractivity contribution is -0.120. The first-order valence-electron chi connectivity index (χ1n) is 4.82. The molecule has 0 saturated carbocycles. The topological polar surface area (TPSA) is 64.3 Å². The summed E-state index contributed by atoms with van der Waals surface area (Å²) >= 11 is 0. The van der Waals surface area contributed by atoms with Gasteiger partial charge in [0.2, 0.25) is 5.91 Å². The number of primary amides is 1. The van der Waals surface area contributed by atoms with Gasteiger partial charge in [0, 0.05) is 6.54 Å². The molecule has 4 heteroatoms. The Labute approximate surface area is 85.5 Å². The molecule has 0 aromatic carbocycles. The molecule has 0 aromatic heterocycles. The van der Waals surface area contributed by atoms with Crippen LogP contribution in [0.1, 0.15) is 20.3 Å². The van der Waals surface area contributed by atoms with Crippen LogP contribution in [0.2, 0.25) is 0 Å². The quantitative estimate of drug-likeness (QED) is 0.441. The van der Waals surface area contributed by atoms with E-state index in [9.17, 15) is 4.79 Å². The third-order valence-corrected chi connectivity index (χ3v) is 1.74. The maximum atomic E-state index is 10.8. The Kier molecular flexibility index (Phi) is 7.06. The molecule has 0 radical (unpaired) electrons. The molecule has 3 N–H and O–H groups in total. The van der Waals surface area contributed by atoms with Crippen LogP contribution < -0.4 is 11.1 Å². The summed E-state index contributed by atoms with van der Waals surface area (Å²) in [5.74, 6) is -0.313. The van der Waals surface area contributed by atoms with Gasteiger partial charge in [-0.2, -0.15) is 0 Å². The van der Waals surface area contributed by atoms with Crippen LogP contribution in [0.5, 0.6) is 0 Å². The lowest BCUT2D eigenvalue weighted by atomic mass is 10.2. The van der Waals surface area contributed by atoms with Gasteiger partial charge in [-0.25, -0.2) is 0 Å². The highest BCUT2D eigenvalue weighted by Gasteiger charge is 2.10. The van der Waals surface area contributed by atoms with Crippen LogP contribution in [0.15, 0.2) is 12.2 Å². The van der Waals surface area contributed by atoms with Crippen molar-refractivity contribution in [3.05, 3.63) is 12.2 Å². The number of ether oxygens (including phenoxy) is 1. The summed E-state index contributed by atoms with van der Waals surface area (Å²) in [7, 11) is 0. The number of carbonyl (C=O) groups is 1. The maximum absolute atomic E-state index is 10.8. The summed E-state index contributed by atoms with van der Waals surface area (Å²) in [6.07, 6.45) is 0.704. The Morgan fingerprint density at radius 2 is 2.29 bits per heavy atom. The van der Waals surface area contributed by atoms with Crippen molar-refractivity contribution < 1.29 is 9.53 Å². The molecular weight excluding hydrogens is 180 g/mol. The lowest BCUT2D eigenvalue weighted by Crippen LogP contribution is -2.42. The molecule has 0 bridgehead atoms. The van der Waals surface area contributed by atoms with Crippen molar-refractivity contribution in [3.8, 4) is 0 Å². The predicted molar refractivity (Wildman–Crippen MR) is 56.9 cm³/mol. The van der Waals surface area contributed by atoms with Gasteiger partial charge in [0.25, 0.3) is 0 Å². The summed E-state index contributed by atoms with van der Waals surface area (Å²) in [4.78, 5) is 10.8.